The smallest absolute Gasteiger partial charge is 0.323 e. The molecule has 0 radical (unpaired) electrons. The van der Waals surface area contributed by atoms with Gasteiger partial charge in [-0.3, -0.25) is 43.8 Å². The van der Waals surface area contributed by atoms with E-state index in [9.17, 15) is 44.1 Å². The number of hydrogen-bond donors (Lipinski definition) is 5. The number of carbonyl (C=O) groups excluding carboxylic acids is 4. The first-order valence-electron chi connectivity index (χ1n) is 25.3. The van der Waals surface area contributed by atoms with Crippen LogP contribution in [-0.2, 0) is 77.3 Å². The van der Waals surface area contributed by atoms with Crippen molar-refractivity contribution in [2.45, 2.75) is 69.5 Å². The number of thioether (sulfide) groups is 3. The van der Waals surface area contributed by atoms with E-state index in [4.69, 9.17) is 28.9 Å². The van der Waals surface area contributed by atoms with Crippen molar-refractivity contribution in [3.8, 4) is 17.2 Å². The fraction of sp³-hybridized carbons (Fsp3) is 0.288. The summed E-state index contributed by atoms with van der Waals surface area (Å²) in [6.07, 6.45) is 1.53. The van der Waals surface area contributed by atoms with E-state index in [2.05, 4.69) is 0 Å². The van der Waals surface area contributed by atoms with Crippen LogP contribution < -0.4 is 34.4 Å². The number of nitrogens with one attached hydrogen (secondary N) is 1. The first kappa shape index (κ1) is 61.1. The van der Waals surface area contributed by atoms with E-state index in [0.29, 0.717) is 55.1 Å². The Morgan fingerprint density at radius 2 is 0.753 bits per heavy atom. The normalized spacial score (nSPS) is 16.1. The van der Waals surface area contributed by atoms with Crippen LogP contribution in [0.5, 0.6) is 17.2 Å². The van der Waals surface area contributed by atoms with Crippen molar-refractivity contribution in [1.29, 1.82) is 0 Å². The maximum absolute atomic E-state index is 13.1. The zero-order valence-corrected chi connectivity index (χ0v) is 47.5. The van der Waals surface area contributed by atoms with Crippen LogP contribution in [0.2, 0.25) is 0 Å². The van der Waals surface area contributed by atoms with Crippen LogP contribution in [0, 0.1) is 0 Å². The number of aliphatic hydroxyl groups is 1. The number of methoxy groups -OCH3 is 5. The van der Waals surface area contributed by atoms with Gasteiger partial charge in [-0.25, -0.2) is 5.48 Å². The van der Waals surface area contributed by atoms with Crippen LogP contribution in [0.3, 0.4) is 0 Å². The first-order chi connectivity index (χ1) is 39.1. The van der Waals surface area contributed by atoms with E-state index >= 15 is 0 Å². The lowest BCUT2D eigenvalue weighted by Gasteiger charge is -2.33. The van der Waals surface area contributed by atoms with Gasteiger partial charge in [-0.1, -0.05) is 54.6 Å². The van der Waals surface area contributed by atoms with Gasteiger partial charge < -0.3 is 43.9 Å². The second kappa shape index (κ2) is 29.2. The number of rotatable bonds is 20. The van der Waals surface area contributed by atoms with Gasteiger partial charge in [-0.15, -0.1) is 35.3 Å². The average Bonchev–Trinajstić information content (AvgIpc) is 3.57. The van der Waals surface area contributed by atoms with E-state index in [1.807, 2.05) is 115 Å². The summed E-state index contributed by atoms with van der Waals surface area (Å²) in [6.45, 7) is -0.368. The first-order valence-corrected chi connectivity index (χ1v) is 27.9. The lowest BCUT2D eigenvalue weighted by molar-refractivity contribution is -0.137. The van der Waals surface area contributed by atoms with Crippen molar-refractivity contribution in [2.24, 2.45) is 0 Å². The summed E-state index contributed by atoms with van der Waals surface area (Å²) >= 11 is 4.37. The predicted octanol–water partition coefficient (Wildman–Crippen LogP) is 7.70. The molecule has 81 heavy (non-hydrogen) atoms. The molecule has 6 aromatic rings. The van der Waals surface area contributed by atoms with Gasteiger partial charge in [0.25, 0.3) is 5.91 Å². The molecule has 0 saturated carbocycles. The van der Waals surface area contributed by atoms with Gasteiger partial charge in [0.1, 0.15) is 36.9 Å². The van der Waals surface area contributed by atoms with Crippen LogP contribution in [0.25, 0.3) is 0 Å². The summed E-state index contributed by atoms with van der Waals surface area (Å²) < 4.78 is 25.8. The molecule has 3 unspecified atom stereocenters. The highest BCUT2D eigenvalue weighted by Crippen LogP contribution is 2.44. The topological polar surface area (TPSA) is 251 Å². The third-order valence-corrected chi connectivity index (χ3v) is 16.7. The molecule has 426 valence electrons. The van der Waals surface area contributed by atoms with Crippen molar-refractivity contribution < 1.29 is 73.0 Å². The number of benzene rings is 6. The number of amides is 4. The molecule has 4 amide bonds. The molecule has 3 atom stereocenters. The third kappa shape index (κ3) is 16.1. The number of carboxylic acid groups (broad SMARTS) is 2. The molecule has 0 spiro atoms. The molecule has 9 rings (SSSR count). The molecule has 0 aromatic heterocycles. The van der Waals surface area contributed by atoms with Gasteiger partial charge in [-0.2, -0.15) is 0 Å². The molecule has 6 aromatic carbocycles. The average molecular weight is 1160 g/mol. The van der Waals surface area contributed by atoms with E-state index < -0.39 is 29.6 Å². The Balaban J connectivity index is 0.000000175. The van der Waals surface area contributed by atoms with Crippen molar-refractivity contribution in [1.82, 2.24) is 5.48 Å². The number of aliphatic hydroxyl groups excluding tert-OH is 1. The molecule has 0 saturated heterocycles. The van der Waals surface area contributed by atoms with Crippen molar-refractivity contribution in [3.05, 3.63) is 161 Å². The summed E-state index contributed by atoms with van der Waals surface area (Å²) in [5.41, 5.74) is 8.83. The summed E-state index contributed by atoms with van der Waals surface area (Å²) in [5.74, 6) is -1.12. The zero-order valence-electron chi connectivity index (χ0n) is 45.1. The minimum atomic E-state index is -1.08. The number of aliphatic carboxylic acids is 2. The highest BCUT2D eigenvalue weighted by molar-refractivity contribution is 8.01. The SMILES string of the molecule is COCc1ccc2c(c1)N(CC(=O)NO)C(=O)C(Cc1ccc(OC)cc1)S2.COCc1ccc2c(c1)N(CC(=O)O)C(=O)C(Cc1ccc(OC)cc1)S2.COc1ccc(CC2Sc3ccc(CO)cc3N(CC(=O)O)C2=O)cc1. The molecular formula is C59H62N4O15S3. The van der Waals surface area contributed by atoms with Crippen LogP contribution in [-0.4, -0.2) is 127 Å². The van der Waals surface area contributed by atoms with E-state index in [0.717, 1.165) is 59.8 Å². The molecule has 3 aliphatic heterocycles. The maximum Gasteiger partial charge on any atom is 0.323 e. The summed E-state index contributed by atoms with van der Waals surface area (Å²) in [6, 6.07) is 39.3. The molecule has 0 aliphatic carbocycles. The number of hydrogen-bond acceptors (Lipinski definition) is 16. The number of anilines is 3. The molecule has 0 bridgehead atoms. The zero-order chi connectivity index (χ0) is 58.2. The van der Waals surface area contributed by atoms with Crippen LogP contribution in [0.15, 0.2) is 142 Å². The van der Waals surface area contributed by atoms with Gasteiger partial charge in [-0.05, 0) is 125 Å². The second-order valence-electron chi connectivity index (χ2n) is 18.5. The number of carboxylic acids is 2. The Kier molecular flexibility index (Phi) is 22.0. The quantitative estimate of drug-likeness (QED) is 0.0363. The number of hydroxylamine groups is 1. The minimum Gasteiger partial charge on any atom is -0.497 e. The predicted molar refractivity (Wildman–Crippen MR) is 308 cm³/mol. The van der Waals surface area contributed by atoms with E-state index in [-0.39, 0.29) is 47.9 Å². The van der Waals surface area contributed by atoms with Gasteiger partial charge in [0, 0.05) is 28.9 Å². The highest BCUT2D eigenvalue weighted by atomic mass is 32.2. The third-order valence-electron chi connectivity index (χ3n) is 12.9. The van der Waals surface area contributed by atoms with Crippen LogP contribution >= 0.6 is 35.3 Å². The van der Waals surface area contributed by atoms with Crippen LogP contribution in [0.4, 0.5) is 17.1 Å². The summed E-state index contributed by atoms with van der Waals surface area (Å²) in [7, 11) is 8.00. The number of nitrogens with zero attached hydrogens (tertiary/aromatic N) is 3. The maximum atomic E-state index is 13.1. The highest BCUT2D eigenvalue weighted by Gasteiger charge is 2.38. The van der Waals surface area contributed by atoms with E-state index in [1.54, 1.807) is 53.2 Å². The summed E-state index contributed by atoms with van der Waals surface area (Å²) in [4.78, 5) is 80.1. The second-order valence-corrected chi connectivity index (χ2v) is 22.2. The minimum absolute atomic E-state index is 0.164. The Labute approximate surface area is 481 Å². The lowest BCUT2D eigenvalue weighted by atomic mass is 10.1. The van der Waals surface area contributed by atoms with Crippen molar-refractivity contribution >= 4 is 87.9 Å². The fourth-order valence-electron chi connectivity index (χ4n) is 8.97. The van der Waals surface area contributed by atoms with Gasteiger partial charge >= 0.3 is 11.9 Å². The number of carbonyl (C=O) groups is 6. The largest absolute Gasteiger partial charge is 0.497 e. The van der Waals surface area contributed by atoms with Gasteiger partial charge in [0.05, 0.1) is 74.0 Å². The monoisotopic (exact) mass is 1160 g/mol. The molecule has 3 aliphatic rings. The molecular weight excluding hydrogens is 1100 g/mol. The fourth-order valence-corrected chi connectivity index (χ4v) is 12.7. The van der Waals surface area contributed by atoms with Gasteiger partial charge in [0.15, 0.2) is 0 Å². The molecule has 3 heterocycles. The molecule has 5 N–H and O–H groups in total. The summed E-state index contributed by atoms with van der Waals surface area (Å²) in [5, 5.41) is 35.6. The molecule has 0 fully saturated rings. The standard InChI is InChI=1S/C20H22N2O5S.C20H21NO5S.C19H19NO5S/c1-26-12-14-5-8-17-16(9-14)22(11-19(23)21-25)20(24)18(28-17)10-13-3-6-15(27-2)7-4-13;1-25-12-14-5-8-17-16(9-14)21(11-19(22)23)20(24)18(27-17)10-13-3-6-15(26-2)7-4-13;1-25-14-5-2-12(3-6-14)9-17-19(24)20(10-18(22)23)15-8-13(11-21)4-7-16(15)26-17/h3-9,18,25H,10-12H2,1-2H3,(H,21,23);3-9,18H,10-12H2,1-2H3,(H,22,23);2-8,17,21H,9-11H2,1H3,(H,22,23). The number of fused-ring (bicyclic) bond motifs is 3. The Morgan fingerprint density at radius 1 is 0.457 bits per heavy atom. The van der Waals surface area contributed by atoms with Gasteiger partial charge in [0.2, 0.25) is 17.7 Å². The Hall–Kier alpha value is -7.57. The molecule has 19 nitrogen and oxygen atoms in total. The number of ether oxygens (including phenoxy) is 5. The van der Waals surface area contributed by atoms with E-state index in [1.165, 1.54) is 50.0 Å². The Bertz CT molecular complexity index is 3180. The lowest BCUT2D eigenvalue weighted by Crippen LogP contribution is -2.46. The molecule has 22 heteroatoms. The Morgan fingerprint density at radius 3 is 1.04 bits per heavy atom. The van der Waals surface area contributed by atoms with Crippen molar-refractivity contribution in [3.63, 3.8) is 0 Å². The van der Waals surface area contributed by atoms with Crippen molar-refractivity contribution in [2.75, 3.05) is 69.9 Å². The van der Waals surface area contributed by atoms with Crippen LogP contribution in [0.1, 0.15) is 33.4 Å².